The van der Waals surface area contributed by atoms with Crippen molar-refractivity contribution in [2.75, 3.05) is 29.8 Å². The molecule has 7 nitrogen and oxygen atoms in total. The van der Waals surface area contributed by atoms with Crippen LogP contribution < -0.4 is 16.0 Å². The van der Waals surface area contributed by atoms with Gasteiger partial charge in [0.2, 0.25) is 5.91 Å². The molecule has 0 saturated heterocycles. The Kier molecular flexibility index (Phi) is 8.54. The average Bonchev–Trinajstić information content (AvgIpc) is 2.72. The standard InChI is InChI=1S/C21H25N3O4S/c1-14-5-4-6-15(13-14)19(25)24-18(11-12-29-3)20(26)22-16-7-9-17(10-8-16)23-21(27)28-2/h4-10,13,18H,11-12H2,1-3H3,(H,22,26)(H,23,27)(H,24,25). The van der Waals surface area contributed by atoms with Crippen LogP contribution in [0.1, 0.15) is 22.3 Å². The molecule has 0 aliphatic carbocycles. The molecule has 0 bridgehead atoms. The molecule has 2 aromatic carbocycles. The molecule has 3 N–H and O–H groups in total. The summed E-state index contributed by atoms with van der Waals surface area (Å²) < 4.78 is 4.54. The van der Waals surface area contributed by atoms with Gasteiger partial charge in [0.1, 0.15) is 6.04 Å². The van der Waals surface area contributed by atoms with Crippen molar-refractivity contribution in [3.63, 3.8) is 0 Å². The van der Waals surface area contributed by atoms with Gasteiger partial charge in [-0.2, -0.15) is 11.8 Å². The summed E-state index contributed by atoms with van der Waals surface area (Å²) in [5, 5.41) is 8.17. The number of thioether (sulfide) groups is 1. The number of hydrogen-bond acceptors (Lipinski definition) is 5. The summed E-state index contributed by atoms with van der Waals surface area (Å²) >= 11 is 1.61. The second kappa shape index (κ2) is 11.1. The molecule has 8 heteroatoms. The summed E-state index contributed by atoms with van der Waals surface area (Å²) in [7, 11) is 1.28. The van der Waals surface area contributed by atoms with Gasteiger partial charge in [0.15, 0.2) is 0 Å². The molecular weight excluding hydrogens is 390 g/mol. The zero-order chi connectivity index (χ0) is 21.2. The van der Waals surface area contributed by atoms with Gasteiger partial charge < -0.3 is 15.4 Å². The van der Waals surface area contributed by atoms with Crippen LogP contribution in [0.4, 0.5) is 16.2 Å². The molecule has 0 fully saturated rings. The Bertz CT molecular complexity index is 855. The van der Waals surface area contributed by atoms with Crippen molar-refractivity contribution < 1.29 is 19.1 Å². The minimum absolute atomic E-state index is 0.285. The molecule has 29 heavy (non-hydrogen) atoms. The lowest BCUT2D eigenvalue weighted by molar-refractivity contribution is -0.118. The molecule has 0 spiro atoms. The number of carbonyl (C=O) groups is 3. The van der Waals surface area contributed by atoms with E-state index < -0.39 is 12.1 Å². The van der Waals surface area contributed by atoms with Crippen molar-refractivity contribution in [2.45, 2.75) is 19.4 Å². The van der Waals surface area contributed by atoms with E-state index in [1.807, 2.05) is 25.3 Å². The molecule has 0 aliphatic rings. The van der Waals surface area contributed by atoms with Crippen molar-refractivity contribution in [1.29, 1.82) is 0 Å². The number of benzene rings is 2. The van der Waals surface area contributed by atoms with Crippen LogP contribution in [0.25, 0.3) is 0 Å². The number of nitrogens with one attached hydrogen (secondary N) is 3. The van der Waals surface area contributed by atoms with Gasteiger partial charge in [-0.25, -0.2) is 4.79 Å². The monoisotopic (exact) mass is 415 g/mol. The summed E-state index contributed by atoms with van der Waals surface area (Å²) in [5.74, 6) is 0.148. The largest absolute Gasteiger partial charge is 0.453 e. The second-order valence-corrected chi connectivity index (χ2v) is 7.35. The molecular formula is C21H25N3O4S. The number of rotatable bonds is 8. The highest BCUT2D eigenvalue weighted by molar-refractivity contribution is 7.98. The highest BCUT2D eigenvalue weighted by Gasteiger charge is 2.21. The third-order valence-corrected chi connectivity index (χ3v) is 4.74. The quantitative estimate of drug-likeness (QED) is 0.611. The van der Waals surface area contributed by atoms with Gasteiger partial charge in [-0.3, -0.25) is 14.9 Å². The Hall–Kier alpha value is -3.00. The van der Waals surface area contributed by atoms with Crippen LogP contribution in [0.5, 0.6) is 0 Å². The third kappa shape index (κ3) is 7.15. The fourth-order valence-electron chi connectivity index (χ4n) is 2.57. The molecule has 0 heterocycles. The zero-order valence-electron chi connectivity index (χ0n) is 16.7. The summed E-state index contributed by atoms with van der Waals surface area (Å²) in [6, 6.07) is 13.2. The molecule has 2 aromatic rings. The van der Waals surface area contributed by atoms with Crippen LogP contribution in [-0.4, -0.2) is 43.1 Å². The predicted molar refractivity (Wildman–Crippen MR) is 117 cm³/mol. The van der Waals surface area contributed by atoms with Crippen LogP contribution >= 0.6 is 11.8 Å². The minimum Gasteiger partial charge on any atom is -0.453 e. The van der Waals surface area contributed by atoms with Crippen molar-refractivity contribution in [1.82, 2.24) is 5.32 Å². The Morgan fingerprint density at radius 1 is 1.03 bits per heavy atom. The summed E-state index contributed by atoms with van der Waals surface area (Å²) in [6.07, 6.45) is 1.88. The summed E-state index contributed by atoms with van der Waals surface area (Å²) in [4.78, 5) is 36.5. The van der Waals surface area contributed by atoms with Crippen LogP contribution in [0.3, 0.4) is 0 Å². The topological polar surface area (TPSA) is 96.5 Å². The van der Waals surface area contributed by atoms with Gasteiger partial charge in [0, 0.05) is 16.9 Å². The van der Waals surface area contributed by atoms with Crippen LogP contribution in [0.2, 0.25) is 0 Å². The lowest BCUT2D eigenvalue weighted by Crippen LogP contribution is -2.44. The van der Waals surface area contributed by atoms with E-state index in [9.17, 15) is 14.4 Å². The molecule has 1 atom stereocenters. The first-order valence-electron chi connectivity index (χ1n) is 9.05. The Morgan fingerprint density at radius 3 is 2.28 bits per heavy atom. The number of carbonyl (C=O) groups excluding carboxylic acids is 3. The summed E-state index contributed by atoms with van der Waals surface area (Å²) in [5.41, 5.74) is 2.60. The van der Waals surface area contributed by atoms with E-state index in [0.717, 1.165) is 11.3 Å². The van der Waals surface area contributed by atoms with Gasteiger partial charge in [0.05, 0.1) is 7.11 Å². The summed E-state index contributed by atoms with van der Waals surface area (Å²) in [6.45, 7) is 1.91. The van der Waals surface area contributed by atoms with Crippen LogP contribution in [-0.2, 0) is 9.53 Å². The van der Waals surface area contributed by atoms with E-state index in [0.29, 0.717) is 23.4 Å². The second-order valence-electron chi connectivity index (χ2n) is 6.36. The van der Waals surface area contributed by atoms with Gasteiger partial charge in [-0.1, -0.05) is 17.7 Å². The smallest absolute Gasteiger partial charge is 0.411 e. The van der Waals surface area contributed by atoms with Crippen LogP contribution in [0.15, 0.2) is 48.5 Å². The number of methoxy groups -OCH3 is 1. The van der Waals surface area contributed by atoms with Crippen LogP contribution in [0, 0.1) is 6.92 Å². The lowest BCUT2D eigenvalue weighted by Gasteiger charge is -2.18. The lowest BCUT2D eigenvalue weighted by atomic mass is 10.1. The van der Waals surface area contributed by atoms with E-state index in [-0.39, 0.29) is 11.8 Å². The number of amides is 3. The minimum atomic E-state index is -0.664. The van der Waals surface area contributed by atoms with E-state index in [4.69, 9.17) is 0 Å². The molecule has 154 valence electrons. The fraction of sp³-hybridized carbons (Fsp3) is 0.286. The first-order valence-corrected chi connectivity index (χ1v) is 10.4. The Labute approximate surface area is 174 Å². The maximum atomic E-state index is 12.7. The number of anilines is 2. The highest BCUT2D eigenvalue weighted by atomic mass is 32.2. The number of ether oxygens (including phenoxy) is 1. The van der Waals surface area contributed by atoms with Gasteiger partial charge in [-0.05, 0) is 61.8 Å². The molecule has 0 radical (unpaired) electrons. The van der Waals surface area contributed by atoms with E-state index >= 15 is 0 Å². The maximum Gasteiger partial charge on any atom is 0.411 e. The normalized spacial score (nSPS) is 11.3. The molecule has 3 amide bonds. The van der Waals surface area contributed by atoms with Crippen molar-refractivity contribution in [2.24, 2.45) is 0 Å². The maximum absolute atomic E-state index is 12.7. The third-order valence-electron chi connectivity index (χ3n) is 4.10. The molecule has 0 aliphatic heterocycles. The Morgan fingerprint density at radius 2 is 1.69 bits per heavy atom. The van der Waals surface area contributed by atoms with Gasteiger partial charge in [0.25, 0.3) is 5.91 Å². The van der Waals surface area contributed by atoms with Gasteiger partial charge >= 0.3 is 6.09 Å². The highest BCUT2D eigenvalue weighted by Crippen LogP contribution is 2.15. The van der Waals surface area contributed by atoms with E-state index in [2.05, 4.69) is 20.7 Å². The molecule has 0 aromatic heterocycles. The van der Waals surface area contributed by atoms with Gasteiger partial charge in [-0.15, -0.1) is 0 Å². The zero-order valence-corrected chi connectivity index (χ0v) is 17.5. The molecule has 0 saturated carbocycles. The van der Waals surface area contributed by atoms with Crippen molar-refractivity contribution in [3.05, 3.63) is 59.7 Å². The predicted octanol–water partition coefficient (Wildman–Crippen LogP) is 3.66. The SMILES string of the molecule is COC(=O)Nc1ccc(NC(=O)C(CCSC)NC(=O)c2cccc(C)c2)cc1. The van der Waals surface area contributed by atoms with E-state index in [1.54, 1.807) is 48.2 Å². The first kappa shape index (κ1) is 22.3. The number of aryl methyl sites for hydroxylation is 1. The average molecular weight is 416 g/mol. The van der Waals surface area contributed by atoms with Crippen molar-refractivity contribution >= 4 is 41.0 Å². The Balaban J connectivity index is 2.04. The molecule has 2 rings (SSSR count). The number of hydrogen-bond donors (Lipinski definition) is 3. The van der Waals surface area contributed by atoms with E-state index in [1.165, 1.54) is 7.11 Å². The first-order chi connectivity index (χ1) is 13.9. The fourth-order valence-corrected chi connectivity index (χ4v) is 3.04. The molecule has 1 unspecified atom stereocenters. The van der Waals surface area contributed by atoms with Crippen molar-refractivity contribution in [3.8, 4) is 0 Å².